The van der Waals surface area contributed by atoms with Gasteiger partial charge in [-0.05, 0) is 12.6 Å². The Morgan fingerprint density at radius 3 is 3.00 bits per heavy atom. The predicted octanol–water partition coefficient (Wildman–Crippen LogP) is 1.46. The molecule has 1 aliphatic rings. The van der Waals surface area contributed by atoms with Gasteiger partial charge in [0.05, 0.1) is 13.7 Å². The maximum absolute atomic E-state index is 5.75. The minimum Gasteiger partial charge on any atom is -0.496 e. The maximum atomic E-state index is 5.75. The van der Waals surface area contributed by atoms with Gasteiger partial charge in [0.1, 0.15) is 11.9 Å². The number of hydrogen-bond acceptors (Lipinski definition) is 4. The lowest BCUT2D eigenvalue weighted by Crippen LogP contribution is -2.14. The standard InChI is InChI=1S/C12H17NO3/c1-14-10-5-3-2-4-9(10)11-8-15-12(16-11)6-7-13/h2-5,11-12H,6-8,13H2,1H3. The van der Waals surface area contributed by atoms with Crippen molar-refractivity contribution in [1.82, 2.24) is 0 Å². The lowest BCUT2D eigenvalue weighted by atomic mass is 10.1. The first-order chi connectivity index (χ1) is 7.85. The number of rotatable bonds is 4. The second kappa shape index (κ2) is 5.30. The van der Waals surface area contributed by atoms with Crippen LogP contribution in [0.1, 0.15) is 18.1 Å². The van der Waals surface area contributed by atoms with E-state index in [9.17, 15) is 0 Å². The first kappa shape index (κ1) is 11.4. The average molecular weight is 223 g/mol. The van der Waals surface area contributed by atoms with E-state index < -0.39 is 0 Å². The Hall–Kier alpha value is -1.10. The minimum atomic E-state index is -0.181. The third-order valence-corrected chi connectivity index (χ3v) is 2.64. The van der Waals surface area contributed by atoms with Crippen LogP contribution in [0.2, 0.25) is 0 Å². The molecule has 2 N–H and O–H groups in total. The summed E-state index contributed by atoms with van der Waals surface area (Å²) in [5, 5.41) is 0. The molecule has 1 aliphatic heterocycles. The smallest absolute Gasteiger partial charge is 0.159 e. The molecule has 0 radical (unpaired) electrons. The van der Waals surface area contributed by atoms with Crippen LogP contribution in [0.4, 0.5) is 0 Å². The summed E-state index contributed by atoms with van der Waals surface area (Å²) in [6.45, 7) is 1.13. The van der Waals surface area contributed by atoms with E-state index in [4.69, 9.17) is 19.9 Å². The van der Waals surface area contributed by atoms with Crippen LogP contribution in [0, 0.1) is 0 Å². The molecule has 88 valence electrons. The van der Waals surface area contributed by atoms with E-state index in [2.05, 4.69) is 0 Å². The van der Waals surface area contributed by atoms with Crippen molar-refractivity contribution in [3.05, 3.63) is 29.8 Å². The zero-order chi connectivity index (χ0) is 11.4. The molecule has 4 nitrogen and oxygen atoms in total. The van der Waals surface area contributed by atoms with Gasteiger partial charge in [0.25, 0.3) is 0 Å². The molecular weight excluding hydrogens is 206 g/mol. The molecule has 0 spiro atoms. The van der Waals surface area contributed by atoms with Crippen LogP contribution in [0.25, 0.3) is 0 Å². The Morgan fingerprint density at radius 1 is 1.44 bits per heavy atom. The highest BCUT2D eigenvalue weighted by Crippen LogP contribution is 2.33. The van der Waals surface area contributed by atoms with Gasteiger partial charge in [-0.25, -0.2) is 0 Å². The lowest BCUT2D eigenvalue weighted by molar-refractivity contribution is -0.0608. The summed E-state index contributed by atoms with van der Waals surface area (Å²) in [5.41, 5.74) is 6.50. The number of ether oxygens (including phenoxy) is 3. The normalized spacial score (nSPS) is 24.6. The molecule has 2 rings (SSSR count). The van der Waals surface area contributed by atoms with Crippen LogP contribution >= 0.6 is 0 Å². The Kier molecular flexibility index (Phi) is 3.77. The van der Waals surface area contributed by atoms with E-state index in [1.54, 1.807) is 7.11 Å². The fraction of sp³-hybridized carbons (Fsp3) is 0.500. The number of methoxy groups -OCH3 is 1. The molecule has 1 saturated heterocycles. The van der Waals surface area contributed by atoms with Gasteiger partial charge >= 0.3 is 0 Å². The molecule has 1 aromatic carbocycles. The molecule has 16 heavy (non-hydrogen) atoms. The lowest BCUT2D eigenvalue weighted by Gasteiger charge is -2.13. The van der Waals surface area contributed by atoms with Crippen LogP contribution in [-0.2, 0) is 9.47 Å². The van der Waals surface area contributed by atoms with Crippen LogP contribution < -0.4 is 10.5 Å². The highest BCUT2D eigenvalue weighted by molar-refractivity contribution is 5.35. The predicted molar refractivity (Wildman–Crippen MR) is 60.2 cm³/mol. The molecule has 0 amide bonds. The van der Waals surface area contributed by atoms with Gasteiger partial charge in [0, 0.05) is 12.0 Å². The second-order valence-electron chi connectivity index (χ2n) is 3.71. The van der Waals surface area contributed by atoms with E-state index in [0.29, 0.717) is 13.2 Å². The van der Waals surface area contributed by atoms with Crippen LogP contribution in [0.3, 0.4) is 0 Å². The minimum absolute atomic E-state index is 0.0484. The number of nitrogens with two attached hydrogens (primary N) is 1. The van der Waals surface area contributed by atoms with Crippen LogP contribution in [0.5, 0.6) is 5.75 Å². The summed E-state index contributed by atoms with van der Waals surface area (Å²) < 4.78 is 16.5. The van der Waals surface area contributed by atoms with Gasteiger partial charge in [-0.1, -0.05) is 18.2 Å². The molecule has 0 aliphatic carbocycles. The van der Waals surface area contributed by atoms with Gasteiger partial charge in [0.2, 0.25) is 0 Å². The largest absolute Gasteiger partial charge is 0.496 e. The van der Waals surface area contributed by atoms with Crippen molar-refractivity contribution in [2.75, 3.05) is 20.3 Å². The van der Waals surface area contributed by atoms with E-state index in [0.717, 1.165) is 17.7 Å². The number of para-hydroxylation sites is 1. The maximum Gasteiger partial charge on any atom is 0.159 e. The Bertz CT molecular complexity index is 343. The third kappa shape index (κ3) is 2.35. The highest BCUT2D eigenvalue weighted by Gasteiger charge is 2.28. The van der Waals surface area contributed by atoms with Crippen molar-refractivity contribution < 1.29 is 14.2 Å². The SMILES string of the molecule is COc1ccccc1C1COC(CCN)O1. The second-order valence-corrected chi connectivity index (χ2v) is 3.71. The summed E-state index contributed by atoms with van der Waals surface area (Å²) in [7, 11) is 1.66. The Labute approximate surface area is 95.3 Å². The number of benzene rings is 1. The van der Waals surface area contributed by atoms with Crippen molar-refractivity contribution in [1.29, 1.82) is 0 Å². The van der Waals surface area contributed by atoms with Crippen molar-refractivity contribution >= 4 is 0 Å². The van der Waals surface area contributed by atoms with Gasteiger partial charge in [-0.3, -0.25) is 0 Å². The van der Waals surface area contributed by atoms with Gasteiger partial charge in [0.15, 0.2) is 6.29 Å². The molecule has 0 saturated carbocycles. The summed E-state index contributed by atoms with van der Waals surface area (Å²) >= 11 is 0. The van der Waals surface area contributed by atoms with E-state index in [1.807, 2.05) is 24.3 Å². The molecule has 1 fully saturated rings. The molecule has 1 heterocycles. The van der Waals surface area contributed by atoms with Gasteiger partial charge < -0.3 is 19.9 Å². The average Bonchev–Trinajstić information content (AvgIpc) is 2.78. The number of hydrogen-bond donors (Lipinski definition) is 1. The first-order valence-electron chi connectivity index (χ1n) is 5.45. The van der Waals surface area contributed by atoms with Gasteiger partial charge in [-0.2, -0.15) is 0 Å². The molecular formula is C12H17NO3. The summed E-state index contributed by atoms with van der Waals surface area (Å²) in [4.78, 5) is 0. The molecule has 4 heteroatoms. The Morgan fingerprint density at radius 2 is 2.25 bits per heavy atom. The molecule has 2 atom stereocenters. The zero-order valence-electron chi connectivity index (χ0n) is 9.39. The van der Waals surface area contributed by atoms with E-state index >= 15 is 0 Å². The van der Waals surface area contributed by atoms with E-state index in [1.165, 1.54) is 0 Å². The van der Waals surface area contributed by atoms with Crippen molar-refractivity contribution in [2.24, 2.45) is 5.73 Å². The van der Waals surface area contributed by atoms with Crippen molar-refractivity contribution in [2.45, 2.75) is 18.8 Å². The summed E-state index contributed by atoms with van der Waals surface area (Å²) in [5.74, 6) is 0.837. The molecule has 0 bridgehead atoms. The first-order valence-corrected chi connectivity index (χ1v) is 5.45. The zero-order valence-corrected chi connectivity index (χ0v) is 9.39. The van der Waals surface area contributed by atoms with Crippen molar-refractivity contribution in [3.63, 3.8) is 0 Å². The van der Waals surface area contributed by atoms with Gasteiger partial charge in [-0.15, -0.1) is 0 Å². The molecule has 1 aromatic rings. The van der Waals surface area contributed by atoms with Crippen LogP contribution in [0.15, 0.2) is 24.3 Å². The highest BCUT2D eigenvalue weighted by atomic mass is 16.7. The Balaban J connectivity index is 2.08. The monoisotopic (exact) mass is 223 g/mol. The fourth-order valence-corrected chi connectivity index (χ4v) is 1.84. The molecule has 2 unspecified atom stereocenters. The van der Waals surface area contributed by atoms with E-state index in [-0.39, 0.29) is 12.4 Å². The van der Waals surface area contributed by atoms with Crippen LogP contribution in [-0.4, -0.2) is 26.6 Å². The third-order valence-electron chi connectivity index (χ3n) is 2.64. The summed E-state index contributed by atoms with van der Waals surface area (Å²) in [6.07, 6.45) is 0.499. The molecule has 0 aromatic heterocycles. The fourth-order valence-electron chi connectivity index (χ4n) is 1.84. The van der Waals surface area contributed by atoms with Crippen molar-refractivity contribution in [3.8, 4) is 5.75 Å². The topological polar surface area (TPSA) is 53.7 Å². The summed E-state index contributed by atoms with van der Waals surface area (Å²) in [6, 6.07) is 7.83. The quantitative estimate of drug-likeness (QED) is 0.839.